The molecule has 3 aromatic rings. The third-order valence-corrected chi connectivity index (χ3v) is 5.52. The molecule has 4 rings (SSSR count). The topological polar surface area (TPSA) is 17.1 Å². The van der Waals surface area contributed by atoms with Crippen LogP contribution in [0, 0.1) is 19.7 Å². The first kappa shape index (κ1) is 21.7. The molecule has 3 aromatic carbocycles. The van der Waals surface area contributed by atoms with Gasteiger partial charge in [0.15, 0.2) is 5.78 Å². The van der Waals surface area contributed by atoms with Crippen molar-refractivity contribution in [1.82, 2.24) is 0 Å². The van der Waals surface area contributed by atoms with E-state index in [0.717, 1.165) is 28.7 Å². The van der Waals surface area contributed by atoms with E-state index in [-0.39, 0.29) is 17.5 Å². The van der Waals surface area contributed by atoms with Gasteiger partial charge in [-0.3, -0.25) is 4.79 Å². The minimum atomic E-state index is -0.292. The molecular formula is C28H29FO. The number of aryl methyl sites for hydroxylation is 2. The smallest absolute Gasteiger partial charge is 0.157 e. The van der Waals surface area contributed by atoms with Crippen LogP contribution in [-0.4, -0.2) is 5.78 Å². The monoisotopic (exact) mass is 400 g/mol. The third-order valence-electron chi connectivity index (χ3n) is 5.52. The van der Waals surface area contributed by atoms with E-state index in [4.69, 9.17) is 0 Å². The molecule has 0 heterocycles. The van der Waals surface area contributed by atoms with Gasteiger partial charge in [0.2, 0.25) is 0 Å². The highest BCUT2D eigenvalue weighted by molar-refractivity contribution is 6.09. The summed E-state index contributed by atoms with van der Waals surface area (Å²) in [6.45, 7) is 9.70. The predicted octanol–water partition coefficient (Wildman–Crippen LogP) is 7.20. The van der Waals surface area contributed by atoms with E-state index in [9.17, 15) is 9.18 Å². The summed E-state index contributed by atoms with van der Waals surface area (Å²) in [4.78, 5) is 12.8. The minimum absolute atomic E-state index is 0.00441. The number of carbonyl (C=O) groups excluding carboxylic acids is 1. The fraction of sp³-hybridized carbons (Fsp3) is 0.250. The van der Waals surface area contributed by atoms with Gasteiger partial charge in [-0.25, -0.2) is 4.39 Å². The van der Waals surface area contributed by atoms with Crippen LogP contribution < -0.4 is 0 Å². The van der Waals surface area contributed by atoms with E-state index >= 15 is 0 Å². The predicted molar refractivity (Wildman–Crippen MR) is 123 cm³/mol. The highest BCUT2D eigenvalue weighted by atomic mass is 19.1. The van der Waals surface area contributed by atoms with Crippen molar-refractivity contribution >= 4 is 11.4 Å². The zero-order valence-corrected chi connectivity index (χ0v) is 18.4. The van der Waals surface area contributed by atoms with Gasteiger partial charge in [0.1, 0.15) is 5.82 Å². The molecule has 0 fully saturated rings. The SMILES string of the molecule is CC.CC(=O)C1=C(c2ccccc2F)c2cc(C)ccc2C1Cc1cccc(C)c1. The van der Waals surface area contributed by atoms with E-state index in [1.54, 1.807) is 19.1 Å². The first-order valence-corrected chi connectivity index (χ1v) is 10.6. The molecule has 1 aliphatic rings. The van der Waals surface area contributed by atoms with Crippen molar-refractivity contribution in [2.24, 2.45) is 0 Å². The number of hydrogen-bond acceptors (Lipinski definition) is 1. The Morgan fingerprint density at radius 1 is 0.867 bits per heavy atom. The highest BCUT2D eigenvalue weighted by Gasteiger charge is 2.35. The van der Waals surface area contributed by atoms with Crippen molar-refractivity contribution < 1.29 is 9.18 Å². The Kier molecular flexibility index (Phi) is 6.66. The number of allylic oxidation sites excluding steroid dienone is 1. The van der Waals surface area contributed by atoms with Crippen molar-refractivity contribution in [3.63, 3.8) is 0 Å². The standard InChI is InChI=1S/C26H23FO.C2H6/c1-16-7-6-8-19(13-16)15-23-20-12-11-17(2)14-22(20)26(25(23)18(3)28)21-9-4-5-10-24(21)27;1-2/h4-14,23H,15H2,1-3H3;1-2H3. The fourth-order valence-corrected chi connectivity index (χ4v) is 4.33. The molecule has 1 unspecified atom stereocenters. The number of Topliss-reactive ketones (excluding diaryl/α,β-unsaturated/α-hetero) is 1. The van der Waals surface area contributed by atoms with E-state index in [0.29, 0.717) is 11.1 Å². The maximum atomic E-state index is 14.7. The summed E-state index contributed by atoms with van der Waals surface area (Å²) in [6, 6.07) is 21.4. The zero-order valence-electron chi connectivity index (χ0n) is 18.4. The number of carbonyl (C=O) groups is 1. The molecule has 154 valence electrons. The molecule has 0 N–H and O–H groups in total. The van der Waals surface area contributed by atoms with Gasteiger partial charge < -0.3 is 0 Å². The van der Waals surface area contributed by atoms with Crippen LogP contribution >= 0.6 is 0 Å². The molecular weight excluding hydrogens is 371 g/mol. The van der Waals surface area contributed by atoms with Crippen LogP contribution in [0.2, 0.25) is 0 Å². The molecule has 0 aromatic heterocycles. The van der Waals surface area contributed by atoms with Crippen molar-refractivity contribution in [2.45, 2.75) is 47.0 Å². The molecule has 0 amide bonds. The molecule has 1 atom stereocenters. The summed E-state index contributed by atoms with van der Waals surface area (Å²) < 4.78 is 14.7. The summed E-state index contributed by atoms with van der Waals surface area (Å²) >= 11 is 0. The number of ketones is 1. The summed E-state index contributed by atoms with van der Waals surface area (Å²) in [6.07, 6.45) is 0.727. The van der Waals surface area contributed by atoms with Gasteiger partial charge >= 0.3 is 0 Å². The molecule has 0 radical (unpaired) electrons. The molecule has 0 saturated heterocycles. The lowest BCUT2D eigenvalue weighted by atomic mass is 9.86. The van der Waals surface area contributed by atoms with Crippen LogP contribution in [0.4, 0.5) is 4.39 Å². The van der Waals surface area contributed by atoms with E-state index < -0.39 is 0 Å². The molecule has 1 nitrogen and oxygen atoms in total. The third kappa shape index (κ3) is 4.14. The van der Waals surface area contributed by atoms with Crippen LogP contribution in [0.15, 0.2) is 72.3 Å². The van der Waals surface area contributed by atoms with E-state index in [1.807, 2.05) is 32.9 Å². The quantitative estimate of drug-likeness (QED) is 0.452. The second kappa shape index (κ2) is 9.21. The van der Waals surface area contributed by atoms with Crippen molar-refractivity contribution in [3.8, 4) is 0 Å². The molecule has 0 saturated carbocycles. The Morgan fingerprint density at radius 2 is 1.57 bits per heavy atom. The first-order chi connectivity index (χ1) is 14.5. The molecule has 0 bridgehead atoms. The van der Waals surface area contributed by atoms with Gasteiger partial charge in [-0.2, -0.15) is 0 Å². The van der Waals surface area contributed by atoms with Crippen molar-refractivity contribution in [1.29, 1.82) is 0 Å². The first-order valence-electron chi connectivity index (χ1n) is 10.6. The normalized spacial score (nSPS) is 14.8. The maximum absolute atomic E-state index is 14.7. The Bertz CT molecular complexity index is 1110. The van der Waals surface area contributed by atoms with E-state index in [1.165, 1.54) is 17.2 Å². The Balaban J connectivity index is 0.00000124. The van der Waals surface area contributed by atoms with Crippen LogP contribution in [0.3, 0.4) is 0 Å². The number of fused-ring (bicyclic) bond motifs is 1. The van der Waals surface area contributed by atoms with Crippen LogP contribution in [0.1, 0.15) is 60.1 Å². The lowest BCUT2D eigenvalue weighted by Gasteiger charge is -2.16. The van der Waals surface area contributed by atoms with Gasteiger partial charge in [-0.1, -0.05) is 85.6 Å². The minimum Gasteiger partial charge on any atom is -0.295 e. The molecule has 30 heavy (non-hydrogen) atoms. The van der Waals surface area contributed by atoms with E-state index in [2.05, 4.69) is 43.3 Å². The molecule has 1 aliphatic carbocycles. The largest absolute Gasteiger partial charge is 0.295 e. The summed E-state index contributed by atoms with van der Waals surface area (Å²) in [5.74, 6) is -0.353. The molecule has 2 heteroatoms. The Morgan fingerprint density at radius 3 is 2.23 bits per heavy atom. The number of hydrogen-bond donors (Lipinski definition) is 0. The molecule has 0 spiro atoms. The zero-order chi connectivity index (χ0) is 21.8. The second-order valence-electron chi connectivity index (χ2n) is 7.66. The van der Waals surface area contributed by atoms with Crippen molar-refractivity contribution in [2.75, 3.05) is 0 Å². The second-order valence-corrected chi connectivity index (χ2v) is 7.66. The van der Waals surface area contributed by atoms with Gasteiger partial charge in [-0.15, -0.1) is 0 Å². The highest BCUT2D eigenvalue weighted by Crippen LogP contribution is 2.47. The molecule has 0 aliphatic heterocycles. The number of benzene rings is 3. The van der Waals surface area contributed by atoms with Gasteiger partial charge in [0.25, 0.3) is 0 Å². The Hall–Kier alpha value is -3.00. The summed E-state index contributed by atoms with van der Waals surface area (Å²) in [5, 5.41) is 0. The van der Waals surface area contributed by atoms with Crippen LogP contribution in [0.5, 0.6) is 0 Å². The maximum Gasteiger partial charge on any atom is 0.157 e. The lowest BCUT2D eigenvalue weighted by Crippen LogP contribution is -2.10. The summed E-state index contributed by atoms with van der Waals surface area (Å²) in [5.41, 5.74) is 7.54. The van der Waals surface area contributed by atoms with Crippen LogP contribution in [0.25, 0.3) is 5.57 Å². The van der Waals surface area contributed by atoms with Gasteiger partial charge in [-0.05, 0) is 55.5 Å². The number of rotatable bonds is 4. The Labute approximate surface area is 179 Å². The summed E-state index contributed by atoms with van der Waals surface area (Å²) in [7, 11) is 0. The van der Waals surface area contributed by atoms with Crippen LogP contribution in [-0.2, 0) is 11.2 Å². The van der Waals surface area contributed by atoms with Gasteiger partial charge in [0, 0.05) is 17.1 Å². The average Bonchev–Trinajstić information content (AvgIpc) is 3.03. The van der Waals surface area contributed by atoms with Crippen molar-refractivity contribution in [3.05, 3.63) is 112 Å². The lowest BCUT2D eigenvalue weighted by molar-refractivity contribution is -0.113. The fourth-order valence-electron chi connectivity index (χ4n) is 4.33. The van der Waals surface area contributed by atoms with Gasteiger partial charge in [0.05, 0.1) is 0 Å². The number of halogens is 1. The average molecular weight is 401 g/mol.